The highest BCUT2D eigenvalue weighted by molar-refractivity contribution is 5.95. The van der Waals surface area contributed by atoms with E-state index in [0.717, 1.165) is 5.56 Å². The second-order valence-electron chi connectivity index (χ2n) is 8.18. The van der Waals surface area contributed by atoms with Gasteiger partial charge in [-0.15, -0.1) is 0 Å². The van der Waals surface area contributed by atoms with E-state index in [2.05, 4.69) is 0 Å². The van der Waals surface area contributed by atoms with Crippen LogP contribution in [0.15, 0.2) is 71.3 Å². The standard InChI is InChI=1S/C25H26N4O5/c1-19(30)26-11-13-27(14-12-26)23-10-9-21(16-24(23)29(32)33)25(31)28(18-22-8-5-15-34-22)17-20-6-3-2-4-7-20/h2-10,15-16H,11-14,17-18H2,1H3. The van der Waals surface area contributed by atoms with Crippen LogP contribution in [0.25, 0.3) is 0 Å². The topological polar surface area (TPSA) is 100 Å². The molecule has 0 N–H and O–H groups in total. The van der Waals surface area contributed by atoms with Crippen molar-refractivity contribution in [1.29, 1.82) is 0 Å². The van der Waals surface area contributed by atoms with E-state index in [1.54, 1.807) is 40.3 Å². The van der Waals surface area contributed by atoms with Crippen LogP contribution >= 0.6 is 0 Å². The quantitative estimate of drug-likeness (QED) is 0.392. The third-order valence-corrected chi connectivity index (χ3v) is 5.92. The van der Waals surface area contributed by atoms with E-state index in [1.165, 1.54) is 13.0 Å². The number of hydrogen-bond donors (Lipinski definition) is 0. The SMILES string of the molecule is CC(=O)N1CCN(c2ccc(C(=O)N(Cc3ccccc3)Cc3ccco3)cc2[N+](=O)[O-])CC1. The highest BCUT2D eigenvalue weighted by Crippen LogP contribution is 2.31. The van der Waals surface area contributed by atoms with Crippen molar-refractivity contribution in [3.8, 4) is 0 Å². The molecule has 0 spiro atoms. The number of amides is 2. The number of anilines is 1. The summed E-state index contributed by atoms with van der Waals surface area (Å²) in [5, 5.41) is 11.9. The number of carbonyl (C=O) groups excluding carboxylic acids is 2. The Hall–Kier alpha value is -4.14. The lowest BCUT2D eigenvalue weighted by Gasteiger charge is -2.35. The fourth-order valence-corrected chi connectivity index (χ4v) is 4.11. The van der Waals surface area contributed by atoms with Crippen molar-refractivity contribution in [1.82, 2.24) is 9.80 Å². The van der Waals surface area contributed by atoms with Gasteiger partial charge >= 0.3 is 0 Å². The molecule has 2 aromatic carbocycles. The maximum Gasteiger partial charge on any atom is 0.293 e. The monoisotopic (exact) mass is 462 g/mol. The van der Waals surface area contributed by atoms with Crippen LogP contribution in [0.3, 0.4) is 0 Å². The van der Waals surface area contributed by atoms with Crippen molar-refractivity contribution < 1.29 is 18.9 Å². The van der Waals surface area contributed by atoms with Crippen LogP contribution in [0.5, 0.6) is 0 Å². The molecule has 1 fully saturated rings. The minimum atomic E-state index is -0.461. The number of nitro benzene ring substituents is 1. The Labute approximate surface area is 197 Å². The summed E-state index contributed by atoms with van der Waals surface area (Å²) in [4.78, 5) is 41.7. The van der Waals surface area contributed by atoms with Gasteiger partial charge in [-0.1, -0.05) is 30.3 Å². The number of piperazine rings is 1. The van der Waals surface area contributed by atoms with Gasteiger partial charge < -0.3 is 19.1 Å². The zero-order chi connectivity index (χ0) is 24.1. The Kier molecular flexibility index (Phi) is 6.91. The second kappa shape index (κ2) is 10.2. The second-order valence-corrected chi connectivity index (χ2v) is 8.18. The Morgan fingerprint density at radius 1 is 1.00 bits per heavy atom. The maximum absolute atomic E-state index is 13.5. The largest absolute Gasteiger partial charge is 0.467 e. The van der Waals surface area contributed by atoms with E-state index >= 15 is 0 Å². The predicted octanol–water partition coefficient (Wildman–Crippen LogP) is 3.70. The Morgan fingerprint density at radius 3 is 2.35 bits per heavy atom. The lowest BCUT2D eigenvalue weighted by atomic mass is 10.1. The summed E-state index contributed by atoms with van der Waals surface area (Å²) < 4.78 is 5.44. The molecule has 2 heterocycles. The van der Waals surface area contributed by atoms with E-state index in [4.69, 9.17) is 4.42 Å². The van der Waals surface area contributed by atoms with Crippen molar-refractivity contribution in [3.63, 3.8) is 0 Å². The first-order valence-electron chi connectivity index (χ1n) is 11.1. The average Bonchev–Trinajstić information content (AvgIpc) is 3.36. The number of carbonyl (C=O) groups is 2. The fourth-order valence-electron chi connectivity index (χ4n) is 4.11. The zero-order valence-electron chi connectivity index (χ0n) is 18.9. The number of nitrogens with zero attached hydrogens (tertiary/aromatic N) is 4. The van der Waals surface area contributed by atoms with Gasteiger partial charge in [0.2, 0.25) is 5.91 Å². The number of nitro groups is 1. The average molecular weight is 463 g/mol. The predicted molar refractivity (Wildman–Crippen MR) is 126 cm³/mol. The normalized spacial score (nSPS) is 13.6. The number of furan rings is 1. The van der Waals surface area contributed by atoms with Gasteiger partial charge in [-0.2, -0.15) is 0 Å². The van der Waals surface area contributed by atoms with Crippen LogP contribution in [0.2, 0.25) is 0 Å². The molecule has 1 aliphatic rings. The molecule has 34 heavy (non-hydrogen) atoms. The summed E-state index contributed by atoms with van der Waals surface area (Å²) in [6.45, 7) is 4.08. The van der Waals surface area contributed by atoms with Crippen LogP contribution in [-0.2, 0) is 17.9 Å². The van der Waals surface area contributed by atoms with E-state index in [-0.39, 0.29) is 29.6 Å². The van der Waals surface area contributed by atoms with Gasteiger partial charge in [-0.05, 0) is 29.8 Å². The molecule has 0 unspecified atom stereocenters. The molecule has 0 bridgehead atoms. The summed E-state index contributed by atoms with van der Waals surface area (Å²) in [7, 11) is 0. The summed E-state index contributed by atoms with van der Waals surface area (Å²) in [5.74, 6) is 0.292. The first-order valence-corrected chi connectivity index (χ1v) is 11.1. The third kappa shape index (κ3) is 5.25. The summed E-state index contributed by atoms with van der Waals surface area (Å²) >= 11 is 0. The van der Waals surface area contributed by atoms with Crippen LogP contribution in [-0.4, -0.2) is 52.7 Å². The van der Waals surface area contributed by atoms with Crippen molar-refractivity contribution in [2.24, 2.45) is 0 Å². The molecule has 0 radical (unpaired) electrons. The Bertz CT molecular complexity index is 1160. The molecule has 176 valence electrons. The molecule has 4 rings (SSSR count). The van der Waals surface area contributed by atoms with Crippen LogP contribution in [0, 0.1) is 10.1 Å². The van der Waals surface area contributed by atoms with Gasteiger partial charge in [0.15, 0.2) is 0 Å². The molecule has 3 aromatic rings. The Morgan fingerprint density at radius 2 is 1.74 bits per heavy atom. The first kappa shape index (κ1) is 23.0. The summed E-state index contributed by atoms with van der Waals surface area (Å²) in [5.41, 5.74) is 1.50. The fraction of sp³-hybridized carbons (Fsp3) is 0.280. The summed E-state index contributed by atoms with van der Waals surface area (Å²) in [6, 6.07) is 17.7. The molecule has 1 saturated heterocycles. The highest BCUT2D eigenvalue weighted by Gasteiger charge is 2.27. The van der Waals surface area contributed by atoms with Crippen molar-refractivity contribution in [3.05, 3.63) is 93.9 Å². The van der Waals surface area contributed by atoms with Gasteiger partial charge in [0.25, 0.3) is 11.6 Å². The van der Waals surface area contributed by atoms with E-state index in [1.807, 2.05) is 35.2 Å². The molecule has 1 aliphatic heterocycles. The minimum Gasteiger partial charge on any atom is -0.467 e. The number of benzene rings is 2. The van der Waals surface area contributed by atoms with E-state index in [9.17, 15) is 19.7 Å². The molecule has 0 saturated carbocycles. The molecular formula is C25H26N4O5. The molecule has 9 nitrogen and oxygen atoms in total. The smallest absolute Gasteiger partial charge is 0.293 e. The molecular weight excluding hydrogens is 436 g/mol. The van der Waals surface area contributed by atoms with Gasteiger partial charge in [0, 0.05) is 51.3 Å². The molecule has 2 amide bonds. The number of hydrogen-bond acceptors (Lipinski definition) is 6. The van der Waals surface area contributed by atoms with E-state index in [0.29, 0.717) is 44.2 Å². The number of rotatable bonds is 7. The van der Waals surface area contributed by atoms with Gasteiger partial charge in [0.1, 0.15) is 11.4 Å². The maximum atomic E-state index is 13.5. The zero-order valence-corrected chi connectivity index (χ0v) is 18.9. The minimum absolute atomic E-state index is 0.00911. The van der Waals surface area contributed by atoms with Crippen LogP contribution < -0.4 is 4.90 Å². The molecule has 1 aromatic heterocycles. The molecule has 9 heteroatoms. The first-order chi connectivity index (χ1) is 16.4. The van der Waals surface area contributed by atoms with E-state index < -0.39 is 4.92 Å². The van der Waals surface area contributed by atoms with Crippen LogP contribution in [0.4, 0.5) is 11.4 Å². The van der Waals surface area contributed by atoms with Gasteiger partial charge in [-0.25, -0.2) is 0 Å². The lowest BCUT2D eigenvalue weighted by Crippen LogP contribution is -2.48. The van der Waals surface area contributed by atoms with Crippen molar-refractivity contribution >= 4 is 23.2 Å². The highest BCUT2D eigenvalue weighted by atomic mass is 16.6. The summed E-state index contributed by atoms with van der Waals surface area (Å²) in [6.07, 6.45) is 1.55. The third-order valence-electron chi connectivity index (χ3n) is 5.92. The van der Waals surface area contributed by atoms with Gasteiger partial charge in [-0.3, -0.25) is 19.7 Å². The Balaban J connectivity index is 1.59. The molecule has 0 atom stereocenters. The van der Waals surface area contributed by atoms with Crippen molar-refractivity contribution in [2.75, 3.05) is 31.1 Å². The lowest BCUT2D eigenvalue weighted by molar-refractivity contribution is -0.384. The van der Waals surface area contributed by atoms with Crippen molar-refractivity contribution in [2.45, 2.75) is 20.0 Å². The van der Waals surface area contributed by atoms with Crippen LogP contribution in [0.1, 0.15) is 28.6 Å². The molecule has 0 aliphatic carbocycles. The van der Waals surface area contributed by atoms with Gasteiger partial charge in [0.05, 0.1) is 17.7 Å².